The van der Waals surface area contributed by atoms with Gasteiger partial charge < -0.3 is 0 Å². The van der Waals surface area contributed by atoms with E-state index in [1.54, 1.807) is 10.6 Å². The molecule has 0 spiro atoms. The Labute approximate surface area is 97.4 Å². The zero-order chi connectivity index (χ0) is 10.1. The van der Waals surface area contributed by atoms with Crippen molar-refractivity contribution in [3.05, 3.63) is 34.7 Å². The first-order valence-electron chi connectivity index (χ1n) is 3.94. The summed E-state index contributed by atoms with van der Waals surface area (Å²) in [6.07, 6.45) is 3.42. The van der Waals surface area contributed by atoms with Crippen LogP contribution in [0, 0.1) is 0 Å². The standard InChI is InChI=1S/C9H6Br2N2O/c10-3-8(14)7-4-12-9-2-1-6(11)5-13(7)9/h1-2,4-5H,3H2. The van der Waals surface area contributed by atoms with E-state index in [1.807, 2.05) is 18.3 Å². The van der Waals surface area contributed by atoms with Crippen molar-refractivity contribution in [2.75, 3.05) is 5.33 Å². The molecule has 72 valence electrons. The van der Waals surface area contributed by atoms with Crippen molar-refractivity contribution in [1.82, 2.24) is 9.38 Å². The number of nitrogens with zero attached hydrogens (tertiary/aromatic N) is 2. The Bertz CT molecular complexity index is 493. The average molecular weight is 318 g/mol. The van der Waals surface area contributed by atoms with Crippen LogP contribution in [0.3, 0.4) is 0 Å². The van der Waals surface area contributed by atoms with Crippen LogP contribution in [-0.2, 0) is 0 Å². The van der Waals surface area contributed by atoms with E-state index in [0.29, 0.717) is 11.0 Å². The van der Waals surface area contributed by atoms with E-state index in [4.69, 9.17) is 0 Å². The Kier molecular flexibility index (Phi) is 2.69. The minimum absolute atomic E-state index is 0.0237. The molecule has 0 unspecified atom stereocenters. The number of hydrogen-bond donors (Lipinski definition) is 0. The SMILES string of the molecule is O=C(CBr)c1cnc2ccc(Br)cn12. The molecule has 0 saturated heterocycles. The van der Waals surface area contributed by atoms with Crippen LogP contribution in [0.25, 0.3) is 5.65 Å². The van der Waals surface area contributed by atoms with E-state index in [0.717, 1.165) is 10.1 Å². The third-order valence-electron chi connectivity index (χ3n) is 1.88. The molecule has 2 rings (SSSR count). The topological polar surface area (TPSA) is 34.4 Å². The number of rotatable bonds is 2. The van der Waals surface area contributed by atoms with Crippen LogP contribution in [0.15, 0.2) is 29.0 Å². The molecule has 0 fully saturated rings. The quantitative estimate of drug-likeness (QED) is 0.630. The number of carbonyl (C=O) groups excluding carboxylic acids is 1. The monoisotopic (exact) mass is 316 g/mol. The third-order valence-corrected chi connectivity index (χ3v) is 2.85. The van der Waals surface area contributed by atoms with Gasteiger partial charge >= 0.3 is 0 Å². The number of imidazole rings is 1. The predicted molar refractivity (Wildman–Crippen MR) is 61.0 cm³/mol. The van der Waals surface area contributed by atoms with Gasteiger partial charge in [-0.3, -0.25) is 9.20 Å². The molecule has 0 aromatic carbocycles. The second kappa shape index (κ2) is 3.82. The van der Waals surface area contributed by atoms with E-state index in [9.17, 15) is 4.79 Å². The molecule has 0 N–H and O–H groups in total. The van der Waals surface area contributed by atoms with Gasteiger partial charge in [-0.1, -0.05) is 15.9 Å². The molecule has 0 aliphatic rings. The molecule has 2 heterocycles. The first kappa shape index (κ1) is 9.86. The minimum Gasteiger partial charge on any atom is -0.296 e. The number of alkyl halides is 1. The number of aromatic nitrogens is 2. The van der Waals surface area contributed by atoms with E-state index < -0.39 is 0 Å². The zero-order valence-electron chi connectivity index (χ0n) is 7.08. The minimum atomic E-state index is 0.0237. The van der Waals surface area contributed by atoms with Gasteiger partial charge in [0, 0.05) is 10.7 Å². The van der Waals surface area contributed by atoms with Crippen LogP contribution in [0.4, 0.5) is 0 Å². The van der Waals surface area contributed by atoms with Crippen LogP contribution in [0.5, 0.6) is 0 Å². The van der Waals surface area contributed by atoms with E-state index in [-0.39, 0.29) is 5.78 Å². The summed E-state index contributed by atoms with van der Waals surface area (Å²) in [6.45, 7) is 0. The van der Waals surface area contributed by atoms with Crippen molar-refractivity contribution in [1.29, 1.82) is 0 Å². The second-order valence-corrected chi connectivity index (χ2v) is 4.25. The fourth-order valence-electron chi connectivity index (χ4n) is 1.23. The number of Topliss-reactive ketones (excluding diaryl/α,β-unsaturated/α-hetero) is 1. The molecular weight excluding hydrogens is 312 g/mol. The van der Waals surface area contributed by atoms with Crippen LogP contribution in [0.2, 0.25) is 0 Å². The molecule has 14 heavy (non-hydrogen) atoms. The summed E-state index contributed by atoms with van der Waals surface area (Å²) in [7, 11) is 0. The maximum absolute atomic E-state index is 11.5. The summed E-state index contributed by atoms with van der Waals surface area (Å²) in [5, 5.41) is 0.313. The van der Waals surface area contributed by atoms with Crippen LogP contribution in [-0.4, -0.2) is 20.5 Å². The first-order chi connectivity index (χ1) is 6.72. The van der Waals surface area contributed by atoms with Crippen molar-refractivity contribution in [3.8, 4) is 0 Å². The highest BCUT2D eigenvalue weighted by Gasteiger charge is 2.10. The maximum atomic E-state index is 11.5. The smallest absolute Gasteiger partial charge is 0.191 e. The van der Waals surface area contributed by atoms with Gasteiger partial charge in [0.25, 0.3) is 0 Å². The Morgan fingerprint density at radius 2 is 2.29 bits per heavy atom. The first-order valence-corrected chi connectivity index (χ1v) is 5.85. The fraction of sp³-hybridized carbons (Fsp3) is 0.111. The summed E-state index contributed by atoms with van der Waals surface area (Å²) in [5.41, 5.74) is 1.37. The normalized spacial score (nSPS) is 10.7. The maximum Gasteiger partial charge on any atom is 0.191 e. The summed E-state index contributed by atoms with van der Waals surface area (Å²) in [6, 6.07) is 3.75. The second-order valence-electron chi connectivity index (χ2n) is 2.78. The van der Waals surface area contributed by atoms with Crippen molar-refractivity contribution < 1.29 is 4.79 Å². The summed E-state index contributed by atoms with van der Waals surface area (Å²) in [5.74, 6) is 0.0237. The Balaban J connectivity index is 2.67. The number of halogens is 2. The molecule has 2 aromatic heterocycles. The van der Waals surface area contributed by atoms with E-state index in [2.05, 4.69) is 36.8 Å². The lowest BCUT2D eigenvalue weighted by Gasteiger charge is -1.98. The van der Waals surface area contributed by atoms with Crippen molar-refractivity contribution in [2.45, 2.75) is 0 Å². The number of hydrogen-bond acceptors (Lipinski definition) is 2. The van der Waals surface area contributed by atoms with Gasteiger partial charge in [-0.2, -0.15) is 0 Å². The highest BCUT2D eigenvalue weighted by atomic mass is 79.9. The molecule has 0 radical (unpaired) electrons. The molecule has 2 aromatic rings. The number of pyridine rings is 1. The van der Waals surface area contributed by atoms with Crippen LogP contribution >= 0.6 is 31.9 Å². The zero-order valence-corrected chi connectivity index (χ0v) is 10.2. The summed E-state index contributed by atoms with van der Waals surface area (Å²) >= 11 is 6.49. The molecule has 0 atom stereocenters. The summed E-state index contributed by atoms with van der Waals surface area (Å²) in [4.78, 5) is 15.6. The highest BCUT2D eigenvalue weighted by Crippen LogP contribution is 2.14. The predicted octanol–water partition coefficient (Wildman–Crippen LogP) is 2.67. The molecule has 3 nitrogen and oxygen atoms in total. The Morgan fingerprint density at radius 3 is 3.00 bits per heavy atom. The molecular formula is C9H6Br2N2O. The largest absolute Gasteiger partial charge is 0.296 e. The van der Waals surface area contributed by atoms with Gasteiger partial charge in [0.1, 0.15) is 11.3 Å². The van der Waals surface area contributed by atoms with E-state index >= 15 is 0 Å². The lowest BCUT2D eigenvalue weighted by molar-refractivity contribution is 0.101. The molecule has 0 amide bonds. The van der Waals surface area contributed by atoms with Crippen molar-refractivity contribution >= 4 is 43.3 Å². The fourth-order valence-corrected chi connectivity index (χ4v) is 1.85. The number of fused-ring (bicyclic) bond motifs is 1. The highest BCUT2D eigenvalue weighted by molar-refractivity contribution is 9.10. The van der Waals surface area contributed by atoms with Gasteiger partial charge in [-0.25, -0.2) is 4.98 Å². The van der Waals surface area contributed by atoms with Gasteiger partial charge in [0.2, 0.25) is 0 Å². The van der Waals surface area contributed by atoms with Crippen LogP contribution in [0.1, 0.15) is 10.5 Å². The van der Waals surface area contributed by atoms with Gasteiger partial charge in [-0.15, -0.1) is 0 Å². The molecule has 0 aliphatic heterocycles. The third kappa shape index (κ3) is 1.62. The van der Waals surface area contributed by atoms with Crippen molar-refractivity contribution in [3.63, 3.8) is 0 Å². The summed E-state index contributed by atoms with van der Waals surface area (Å²) < 4.78 is 2.69. The molecule has 0 aliphatic carbocycles. The molecule has 0 bridgehead atoms. The van der Waals surface area contributed by atoms with Gasteiger partial charge in [0.05, 0.1) is 11.5 Å². The average Bonchev–Trinajstić information content (AvgIpc) is 2.59. The Hall–Kier alpha value is -0.680. The lowest BCUT2D eigenvalue weighted by Crippen LogP contribution is -2.03. The van der Waals surface area contributed by atoms with Gasteiger partial charge in [0.15, 0.2) is 5.78 Å². The number of carbonyl (C=O) groups is 1. The Morgan fingerprint density at radius 1 is 1.50 bits per heavy atom. The molecule has 5 heteroatoms. The van der Waals surface area contributed by atoms with Crippen LogP contribution < -0.4 is 0 Å². The van der Waals surface area contributed by atoms with Gasteiger partial charge in [-0.05, 0) is 28.1 Å². The van der Waals surface area contributed by atoms with E-state index in [1.165, 1.54) is 0 Å². The number of ketones is 1. The molecule has 0 saturated carbocycles. The van der Waals surface area contributed by atoms with Crippen molar-refractivity contribution in [2.24, 2.45) is 0 Å². The lowest BCUT2D eigenvalue weighted by atomic mass is 10.3.